The fourth-order valence-electron chi connectivity index (χ4n) is 7.92. The zero-order chi connectivity index (χ0) is 32.2. The third-order valence-electron chi connectivity index (χ3n) is 10.5. The summed E-state index contributed by atoms with van der Waals surface area (Å²) in [5.41, 5.74) is 6.92. The Bertz CT molecular complexity index is 1190. The predicted octanol–water partition coefficient (Wildman–Crippen LogP) is 6.09. The number of aromatic nitrogens is 2. The number of allylic oxidation sites excluding steroid dienone is 1. The maximum absolute atomic E-state index is 12.2. The number of anilines is 1. The Balaban J connectivity index is 1.25. The van der Waals surface area contributed by atoms with Gasteiger partial charge in [-0.2, -0.15) is 11.9 Å². The Labute approximate surface area is 269 Å². The number of nitrogens with two attached hydrogens (primary N) is 1. The molecule has 2 aromatic heterocycles. The van der Waals surface area contributed by atoms with E-state index in [0.717, 1.165) is 56.2 Å². The summed E-state index contributed by atoms with van der Waals surface area (Å²) in [5, 5.41) is 43.6. The summed E-state index contributed by atoms with van der Waals surface area (Å²) in [5.74, 6) is -0.475. The van der Waals surface area contributed by atoms with E-state index < -0.39 is 23.6 Å². The molecule has 0 aromatic carbocycles. The summed E-state index contributed by atoms with van der Waals surface area (Å²) < 4.78 is 0. The van der Waals surface area contributed by atoms with Crippen molar-refractivity contribution in [3.63, 3.8) is 0 Å². The molecule has 45 heavy (non-hydrogen) atoms. The normalized spacial score (nSPS) is 27.9. The average molecular weight is 623 g/mol. The second-order valence-electron chi connectivity index (χ2n) is 14.0. The zero-order valence-electron chi connectivity index (χ0n) is 27.1. The molecule has 0 amide bonds. The minimum absolute atomic E-state index is 0.0251. The number of pyridine rings is 1. The van der Waals surface area contributed by atoms with Crippen LogP contribution in [0.2, 0.25) is 0 Å². The summed E-state index contributed by atoms with van der Waals surface area (Å²) in [6, 6.07) is 7.72. The van der Waals surface area contributed by atoms with Gasteiger partial charge in [0.05, 0.1) is 23.7 Å². The molecule has 2 aliphatic carbocycles. The quantitative estimate of drug-likeness (QED) is 0.0933. The number of hydrogen-bond donors (Lipinski definition) is 5. The minimum atomic E-state index is -1.02. The van der Waals surface area contributed by atoms with E-state index in [9.17, 15) is 25.2 Å². The minimum Gasteiger partial charge on any atom is -0.668 e. The molecule has 2 aromatic rings. The van der Waals surface area contributed by atoms with Gasteiger partial charge in [-0.1, -0.05) is 69.7 Å². The van der Waals surface area contributed by atoms with E-state index in [4.69, 9.17) is 5.73 Å². The topological polar surface area (TPSA) is 151 Å². The van der Waals surface area contributed by atoms with Gasteiger partial charge in [0.1, 0.15) is 5.82 Å². The van der Waals surface area contributed by atoms with Crippen molar-refractivity contribution in [2.24, 2.45) is 29.6 Å². The van der Waals surface area contributed by atoms with E-state index in [0.29, 0.717) is 43.8 Å². The molecule has 8 nitrogen and oxygen atoms in total. The van der Waals surface area contributed by atoms with Crippen LogP contribution >= 0.6 is 0 Å². The molecule has 2 aliphatic rings. The summed E-state index contributed by atoms with van der Waals surface area (Å²) in [4.78, 5) is 20.7. The van der Waals surface area contributed by atoms with Gasteiger partial charge in [0.25, 0.3) is 0 Å². The van der Waals surface area contributed by atoms with Crippen molar-refractivity contribution in [3.05, 3.63) is 60.1 Å². The molecule has 8 unspecified atom stereocenters. The van der Waals surface area contributed by atoms with E-state index in [1.807, 2.05) is 24.3 Å². The van der Waals surface area contributed by atoms with Crippen LogP contribution in [0.3, 0.4) is 0 Å². The Morgan fingerprint density at radius 3 is 2.62 bits per heavy atom. The fourth-order valence-corrected chi connectivity index (χ4v) is 7.92. The van der Waals surface area contributed by atoms with Crippen molar-refractivity contribution in [2.45, 2.75) is 127 Å². The molecule has 0 bridgehead atoms. The number of aliphatic hydroxyl groups excluding tert-OH is 2. The number of carboxylic acid groups (broad SMARTS) is 1. The molecule has 0 spiro atoms. The van der Waals surface area contributed by atoms with E-state index in [1.54, 1.807) is 12.4 Å². The number of carbonyl (C=O) groups is 1. The maximum atomic E-state index is 12.2. The molecule has 8 atom stereocenters. The van der Waals surface area contributed by atoms with Crippen LogP contribution < -0.4 is 10.7 Å². The lowest BCUT2D eigenvalue weighted by atomic mass is 9.80. The van der Waals surface area contributed by atoms with Gasteiger partial charge in [-0.3, -0.25) is 4.79 Å². The monoisotopic (exact) mass is 622 g/mol. The standard InChI is InChI=1S/C37H56N3O5/c1-2-3-5-9-26-13-14-29(34(42)22-26)10-6-4-7-12-32(36(43)44)33(41)15-17-37(45)25-28(20-27-16-19-40-35(38)23-27)21-30(37)24-31-11-8-18-39-31/h8,11,13-14,16,18-19,23,26,28-30,32-34,41-42,45H,2-7,9-10,12,15,17,20-22,24-25H2,1H3,(H2,38,40)(H,43,44)/q-1. The number of nitrogen functional groups attached to an aromatic ring is 1. The molecular formula is C37H56N3O5-. The fraction of sp³-hybridized carbons (Fsp3) is 0.676. The molecule has 2 heterocycles. The molecule has 0 saturated heterocycles. The second kappa shape index (κ2) is 17.3. The largest absolute Gasteiger partial charge is 0.668 e. The number of nitrogens with zero attached hydrogens (tertiary/aromatic N) is 2. The van der Waals surface area contributed by atoms with Crippen molar-refractivity contribution >= 4 is 11.8 Å². The Kier molecular flexibility index (Phi) is 13.5. The van der Waals surface area contributed by atoms with Crippen LogP contribution in [0.15, 0.2) is 48.8 Å². The van der Waals surface area contributed by atoms with Gasteiger partial charge in [-0.15, -0.1) is 0 Å². The van der Waals surface area contributed by atoms with Gasteiger partial charge in [0.2, 0.25) is 0 Å². The highest BCUT2D eigenvalue weighted by Crippen LogP contribution is 2.46. The van der Waals surface area contributed by atoms with Crippen LogP contribution in [-0.2, 0) is 17.6 Å². The summed E-state index contributed by atoms with van der Waals surface area (Å²) in [6.45, 7) is 2.21. The van der Waals surface area contributed by atoms with Crippen molar-refractivity contribution < 1.29 is 25.2 Å². The Morgan fingerprint density at radius 1 is 1.09 bits per heavy atom. The summed E-state index contributed by atoms with van der Waals surface area (Å²) >= 11 is 0. The smallest absolute Gasteiger partial charge is 0.309 e. The summed E-state index contributed by atoms with van der Waals surface area (Å²) in [7, 11) is 0. The van der Waals surface area contributed by atoms with Crippen molar-refractivity contribution in [1.29, 1.82) is 0 Å². The van der Waals surface area contributed by atoms with Crippen LogP contribution in [0.4, 0.5) is 5.82 Å². The lowest BCUT2D eigenvalue weighted by Crippen LogP contribution is -2.37. The third-order valence-corrected chi connectivity index (χ3v) is 10.5. The predicted molar refractivity (Wildman–Crippen MR) is 177 cm³/mol. The maximum Gasteiger partial charge on any atom is 0.309 e. The van der Waals surface area contributed by atoms with Gasteiger partial charge in [0, 0.05) is 12.1 Å². The highest BCUT2D eigenvalue weighted by molar-refractivity contribution is 5.70. The van der Waals surface area contributed by atoms with E-state index in [-0.39, 0.29) is 30.3 Å². The number of aliphatic hydroxyl groups is 3. The SMILES string of the molecule is CCCCCC1C=CC(CCCCCC(C(=O)O)C(O)CCC2(O)CC(Cc3ccnc(N)c3)CC2Cc2ccc[n-]2)C(O)C1. The molecule has 8 heteroatoms. The molecule has 6 N–H and O–H groups in total. The molecular weight excluding hydrogens is 566 g/mol. The highest BCUT2D eigenvalue weighted by Gasteiger charge is 2.45. The first kappa shape index (κ1) is 35.2. The number of hydrogen-bond acceptors (Lipinski definition) is 6. The molecule has 1 fully saturated rings. The van der Waals surface area contributed by atoms with Gasteiger partial charge in [0.15, 0.2) is 0 Å². The van der Waals surface area contributed by atoms with Gasteiger partial charge in [-0.05, 0) is 99.7 Å². The van der Waals surface area contributed by atoms with Crippen LogP contribution in [0.25, 0.3) is 0 Å². The van der Waals surface area contributed by atoms with Gasteiger partial charge in [-0.25, -0.2) is 4.98 Å². The van der Waals surface area contributed by atoms with Crippen molar-refractivity contribution in [2.75, 3.05) is 5.73 Å². The first-order valence-corrected chi connectivity index (χ1v) is 17.4. The molecule has 1 saturated carbocycles. The van der Waals surface area contributed by atoms with Crippen molar-refractivity contribution in [1.82, 2.24) is 9.97 Å². The lowest BCUT2D eigenvalue weighted by Gasteiger charge is -2.33. The van der Waals surface area contributed by atoms with E-state index in [1.165, 1.54) is 19.3 Å². The number of rotatable bonds is 19. The van der Waals surface area contributed by atoms with Crippen LogP contribution in [0.1, 0.15) is 108 Å². The highest BCUT2D eigenvalue weighted by atomic mass is 16.4. The van der Waals surface area contributed by atoms with E-state index >= 15 is 0 Å². The van der Waals surface area contributed by atoms with Crippen molar-refractivity contribution in [3.8, 4) is 0 Å². The number of unbranched alkanes of at least 4 members (excludes halogenated alkanes) is 4. The lowest BCUT2D eigenvalue weighted by molar-refractivity contribution is -0.146. The first-order valence-electron chi connectivity index (χ1n) is 17.4. The first-order chi connectivity index (χ1) is 21.7. The Hall–Kier alpha value is -2.68. The number of carboxylic acids is 1. The number of aliphatic carboxylic acids is 1. The van der Waals surface area contributed by atoms with Gasteiger partial charge >= 0.3 is 5.97 Å². The molecule has 0 aliphatic heterocycles. The van der Waals surface area contributed by atoms with E-state index in [2.05, 4.69) is 29.0 Å². The van der Waals surface area contributed by atoms with Crippen LogP contribution in [-0.4, -0.2) is 49.2 Å². The Morgan fingerprint density at radius 2 is 1.91 bits per heavy atom. The molecule has 0 radical (unpaired) electrons. The average Bonchev–Trinajstić information content (AvgIpc) is 3.62. The van der Waals surface area contributed by atoms with Crippen LogP contribution in [0.5, 0.6) is 0 Å². The third kappa shape index (κ3) is 10.7. The van der Waals surface area contributed by atoms with Gasteiger partial charge < -0.3 is 31.1 Å². The molecule has 4 rings (SSSR count). The second-order valence-corrected chi connectivity index (χ2v) is 14.0. The zero-order valence-corrected chi connectivity index (χ0v) is 27.1. The van der Waals surface area contributed by atoms with Crippen LogP contribution in [0, 0.1) is 29.6 Å². The molecule has 250 valence electrons. The summed E-state index contributed by atoms with van der Waals surface area (Å²) in [6.07, 6.45) is 19.6.